The van der Waals surface area contributed by atoms with Crippen molar-refractivity contribution in [2.24, 2.45) is 11.8 Å². The number of methoxy groups -OCH3 is 4. The molecule has 18 nitrogen and oxygen atoms in total. The lowest BCUT2D eigenvalue weighted by molar-refractivity contribution is -0.277. The standard InChI is InChI=1S/C34H46O18/c1-43-17-5-13(6-18(44-2)31(17)51-33-27(41)25(39)23(37)21(9-35)49-33)29-15-11-48-30(16(15)12-47-29)14-7-19(45-3)32(20(8-14)46-4)52-34-28(42)26(40)24(38)22(10-36)50-34/h5-8,15-16,21-30,33-42H,9-12H2,1-4H3/t15-,16+,21-,22-,23-,24-,25+,26+,27-,28-,29+,30-,33+,34+/m1/s1. The van der Waals surface area contributed by atoms with Crippen LogP contribution in [0, 0.1) is 11.8 Å². The largest absolute Gasteiger partial charge is 0.493 e. The topological polar surface area (TPSA) is 254 Å². The predicted molar refractivity (Wildman–Crippen MR) is 172 cm³/mol. The van der Waals surface area contributed by atoms with Crippen molar-refractivity contribution in [2.45, 2.75) is 73.6 Å². The Balaban J connectivity index is 1.22. The lowest BCUT2D eigenvalue weighted by Gasteiger charge is -2.39. The zero-order valence-corrected chi connectivity index (χ0v) is 28.9. The van der Waals surface area contributed by atoms with E-state index in [-0.39, 0.29) is 46.3 Å². The van der Waals surface area contributed by atoms with Crippen LogP contribution < -0.4 is 28.4 Å². The average molecular weight is 743 g/mol. The van der Waals surface area contributed by atoms with Crippen LogP contribution in [0.1, 0.15) is 23.3 Å². The Labute approximate surface area is 298 Å². The van der Waals surface area contributed by atoms with E-state index in [1.807, 2.05) is 0 Å². The van der Waals surface area contributed by atoms with Gasteiger partial charge in [-0.3, -0.25) is 0 Å². The zero-order chi connectivity index (χ0) is 37.4. The molecular weight excluding hydrogens is 696 g/mol. The molecule has 6 rings (SSSR count). The van der Waals surface area contributed by atoms with E-state index in [0.29, 0.717) is 24.3 Å². The molecule has 4 saturated heterocycles. The van der Waals surface area contributed by atoms with E-state index < -0.39 is 86.8 Å². The van der Waals surface area contributed by atoms with Gasteiger partial charge in [0.2, 0.25) is 24.1 Å². The molecule has 4 fully saturated rings. The molecule has 14 atom stereocenters. The second kappa shape index (κ2) is 16.0. The number of aliphatic hydroxyl groups excluding tert-OH is 8. The van der Waals surface area contributed by atoms with Gasteiger partial charge in [-0.1, -0.05) is 0 Å². The third-order valence-electron chi connectivity index (χ3n) is 10.1. The second-order valence-corrected chi connectivity index (χ2v) is 13.0. The molecule has 0 aliphatic carbocycles. The summed E-state index contributed by atoms with van der Waals surface area (Å²) in [4.78, 5) is 0. The molecule has 4 heterocycles. The number of hydrogen-bond acceptors (Lipinski definition) is 18. The van der Waals surface area contributed by atoms with Crippen molar-refractivity contribution in [3.8, 4) is 34.5 Å². The van der Waals surface area contributed by atoms with E-state index in [2.05, 4.69) is 0 Å². The van der Waals surface area contributed by atoms with Gasteiger partial charge in [0.25, 0.3) is 0 Å². The van der Waals surface area contributed by atoms with Gasteiger partial charge in [0, 0.05) is 11.8 Å². The SMILES string of the molecule is COc1cc([C@H]2OC[C@@H]3[C@@H]2CO[C@H]3c2cc(OC)c(O[C@@H]3O[C@H](CO)[C@@H](O)[C@H](O)[C@H]3O)c(OC)c2)cc(OC)c1O[C@@H]1O[C@H](CO)[C@@H](O)[C@H](O)[C@H]1O. The van der Waals surface area contributed by atoms with Crippen molar-refractivity contribution >= 4 is 0 Å². The van der Waals surface area contributed by atoms with Crippen LogP contribution in [-0.2, 0) is 18.9 Å². The van der Waals surface area contributed by atoms with Crippen molar-refractivity contribution < 1.29 is 88.2 Å². The molecular formula is C34H46O18. The molecule has 2 aromatic rings. The minimum atomic E-state index is -1.65. The van der Waals surface area contributed by atoms with Gasteiger partial charge in [0.05, 0.1) is 67.1 Å². The lowest BCUT2D eigenvalue weighted by Crippen LogP contribution is -2.60. The second-order valence-electron chi connectivity index (χ2n) is 13.0. The Hall–Kier alpha value is -3.24. The van der Waals surface area contributed by atoms with Crippen LogP contribution in [0.3, 0.4) is 0 Å². The van der Waals surface area contributed by atoms with Crippen LogP contribution in [0.15, 0.2) is 24.3 Å². The van der Waals surface area contributed by atoms with Crippen LogP contribution in [-0.4, -0.2) is 157 Å². The lowest BCUT2D eigenvalue weighted by atomic mass is 9.84. The van der Waals surface area contributed by atoms with E-state index >= 15 is 0 Å². The van der Waals surface area contributed by atoms with E-state index in [1.54, 1.807) is 24.3 Å². The first kappa shape index (κ1) is 38.5. The van der Waals surface area contributed by atoms with E-state index in [4.69, 9.17) is 47.4 Å². The fourth-order valence-corrected chi connectivity index (χ4v) is 7.16. The maximum atomic E-state index is 10.5. The minimum absolute atomic E-state index is 0.0541. The van der Waals surface area contributed by atoms with Gasteiger partial charge >= 0.3 is 0 Å². The number of rotatable bonds is 12. The molecule has 4 aliphatic rings. The summed E-state index contributed by atoms with van der Waals surface area (Å²) in [5, 5.41) is 81.0. The van der Waals surface area contributed by atoms with Crippen molar-refractivity contribution in [3.05, 3.63) is 35.4 Å². The first-order valence-corrected chi connectivity index (χ1v) is 16.7. The maximum absolute atomic E-state index is 10.5. The van der Waals surface area contributed by atoms with Gasteiger partial charge in [0.1, 0.15) is 48.8 Å². The number of hydrogen-bond donors (Lipinski definition) is 8. The number of benzene rings is 2. The molecule has 0 spiro atoms. The highest BCUT2D eigenvalue weighted by molar-refractivity contribution is 5.56. The highest BCUT2D eigenvalue weighted by Crippen LogP contribution is 2.54. The normalized spacial score (nSPS) is 37.3. The van der Waals surface area contributed by atoms with E-state index in [9.17, 15) is 40.9 Å². The third-order valence-corrected chi connectivity index (χ3v) is 10.1. The first-order chi connectivity index (χ1) is 25.0. The van der Waals surface area contributed by atoms with Gasteiger partial charge in [-0.25, -0.2) is 0 Å². The van der Waals surface area contributed by atoms with Crippen molar-refractivity contribution in [3.63, 3.8) is 0 Å². The third kappa shape index (κ3) is 6.94. The summed E-state index contributed by atoms with van der Waals surface area (Å²) in [5.74, 6) is 0.683. The molecule has 0 bridgehead atoms. The van der Waals surface area contributed by atoms with Gasteiger partial charge in [0.15, 0.2) is 23.0 Å². The van der Waals surface area contributed by atoms with Crippen LogP contribution in [0.5, 0.6) is 34.5 Å². The van der Waals surface area contributed by atoms with Crippen LogP contribution in [0.25, 0.3) is 0 Å². The average Bonchev–Trinajstić information content (AvgIpc) is 3.78. The first-order valence-electron chi connectivity index (χ1n) is 16.7. The molecule has 52 heavy (non-hydrogen) atoms. The summed E-state index contributed by atoms with van der Waals surface area (Å²) in [6.07, 6.45) is -15.9. The Morgan fingerprint density at radius 3 is 1.13 bits per heavy atom. The van der Waals surface area contributed by atoms with Gasteiger partial charge in [-0.15, -0.1) is 0 Å². The fraction of sp³-hybridized carbons (Fsp3) is 0.647. The summed E-state index contributed by atoms with van der Waals surface area (Å²) in [6.45, 7) is -0.604. The predicted octanol–water partition coefficient (Wildman–Crippen LogP) is -1.85. The van der Waals surface area contributed by atoms with Crippen molar-refractivity contribution in [2.75, 3.05) is 54.9 Å². The Morgan fingerprint density at radius 2 is 0.846 bits per heavy atom. The summed E-state index contributed by atoms with van der Waals surface area (Å²) >= 11 is 0. The molecule has 0 amide bonds. The van der Waals surface area contributed by atoms with Crippen molar-refractivity contribution in [1.29, 1.82) is 0 Å². The number of aliphatic hydroxyl groups is 8. The highest BCUT2D eigenvalue weighted by Gasteiger charge is 2.50. The Kier molecular flexibility index (Phi) is 11.8. The highest BCUT2D eigenvalue weighted by atomic mass is 16.7. The molecule has 290 valence electrons. The molecule has 2 aromatic carbocycles. The Bertz CT molecular complexity index is 1360. The smallest absolute Gasteiger partial charge is 0.229 e. The van der Waals surface area contributed by atoms with Crippen molar-refractivity contribution in [1.82, 2.24) is 0 Å². The summed E-state index contributed by atoms with van der Waals surface area (Å²) < 4.78 is 58.0. The van der Waals surface area contributed by atoms with E-state index in [0.717, 1.165) is 0 Å². The van der Waals surface area contributed by atoms with Crippen LogP contribution >= 0.6 is 0 Å². The Morgan fingerprint density at radius 1 is 0.519 bits per heavy atom. The molecule has 0 aromatic heterocycles. The van der Waals surface area contributed by atoms with Gasteiger partial charge in [-0.05, 0) is 35.4 Å². The molecule has 0 saturated carbocycles. The van der Waals surface area contributed by atoms with Crippen LogP contribution in [0.4, 0.5) is 0 Å². The molecule has 0 unspecified atom stereocenters. The molecule has 0 radical (unpaired) electrons. The zero-order valence-electron chi connectivity index (χ0n) is 28.9. The van der Waals surface area contributed by atoms with Gasteiger partial charge < -0.3 is 88.2 Å². The fourth-order valence-electron chi connectivity index (χ4n) is 7.16. The number of fused-ring (bicyclic) bond motifs is 1. The minimum Gasteiger partial charge on any atom is -0.493 e. The maximum Gasteiger partial charge on any atom is 0.229 e. The summed E-state index contributed by atoms with van der Waals surface area (Å²) in [6, 6.07) is 6.78. The van der Waals surface area contributed by atoms with Gasteiger partial charge in [-0.2, -0.15) is 0 Å². The number of ether oxygens (including phenoxy) is 10. The molecule has 4 aliphatic heterocycles. The van der Waals surface area contributed by atoms with E-state index in [1.165, 1.54) is 28.4 Å². The summed E-state index contributed by atoms with van der Waals surface area (Å²) in [7, 11) is 5.66. The summed E-state index contributed by atoms with van der Waals surface area (Å²) in [5.41, 5.74) is 1.37. The molecule has 8 N–H and O–H groups in total. The molecule has 18 heteroatoms. The quantitative estimate of drug-likeness (QED) is 0.119. The van der Waals surface area contributed by atoms with Crippen LogP contribution in [0.2, 0.25) is 0 Å². The monoisotopic (exact) mass is 742 g/mol.